The summed E-state index contributed by atoms with van der Waals surface area (Å²) in [6.45, 7) is 6.28. The van der Waals surface area contributed by atoms with Crippen molar-refractivity contribution in [2.75, 3.05) is 13.1 Å². The van der Waals surface area contributed by atoms with E-state index in [1.807, 2.05) is 0 Å². The highest BCUT2D eigenvalue weighted by atomic mass is 16.4. The third-order valence-corrected chi connectivity index (χ3v) is 3.38. The molecular formula is C11H22N2O2. The molecule has 0 aromatic rings. The van der Waals surface area contributed by atoms with Crippen molar-refractivity contribution >= 4 is 5.97 Å². The standard InChI is InChI=1S/C11H22N2O2/c1-3-7-13(4-2)9-5-6-11(12,8-9)10(14)15/h9H,3-8,12H2,1-2H3,(H,14,15). The zero-order valence-corrected chi connectivity index (χ0v) is 9.70. The van der Waals surface area contributed by atoms with Crippen LogP contribution in [0.25, 0.3) is 0 Å². The summed E-state index contributed by atoms with van der Waals surface area (Å²) in [4.78, 5) is 13.3. The second-order valence-electron chi connectivity index (χ2n) is 4.49. The average Bonchev–Trinajstić information content (AvgIpc) is 2.59. The van der Waals surface area contributed by atoms with E-state index in [4.69, 9.17) is 10.8 Å². The Labute approximate surface area is 91.4 Å². The van der Waals surface area contributed by atoms with Crippen LogP contribution in [0.2, 0.25) is 0 Å². The monoisotopic (exact) mass is 214 g/mol. The third-order valence-electron chi connectivity index (χ3n) is 3.38. The first-order valence-corrected chi connectivity index (χ1v) is 5.79. The molecule has 0 aromatic carbocycles. The molecule has 1 aliphatic rings. The fourth-order valence-corrected chi connectivity index (χ4v) is 2.44. The summed E-state index contributed by atoms with van der Waals surface area (Å²) in [6, 6.07) is 0.357. The highest BCUT2D eigenvalue weighted by molar-refractivity contribution is 5.79. The van der Waals surface area contributed by atoms with E-state index in [0.717, 1.165) is 25.9 Å². The van der Waals surface area contributed by atoms with Gasteiger partial charge < -0.3 is 15.7 Å². The number of carbonyl (C=O) groups is 1. The highest BCUT2D eigenvalue weighted by Crippen LogP contribution is 2.31. The van der Waals surface area contributed by atoms with Gasteiger partial charge in [0, 0.05) is 6.04 Å². The molecule has 0 aromatic heterocycles. The molecule has 0 heterocycles. The summed E-state index contributed by atoms with van der Waals surface area (Å²) in [7, 11) is 0. The van der Waals surface area contributed by atoms with Crippen molar-refractivity contribution in [2.24, 2.45) is 5.73 Å². The van der Waals surface area contributed by atoms with Gasteiger partial charge in [-0.15, -0.1) is 0 Å². The molecule has 0 amide bonds. The minimum atomic E-state index is -0.980. The molecule has 4 nitrogen and oxygen atoms in total. The summed E-state index contributed by atoms with van der Waals surface area (Å²) in [6.07, 6.45) is 3.22. The van der Waals surface area contributed by atoms with Gasteiger partial charge in [0.1, 0.15) is 5.54 Å². The minimum Gasteiger partial charge on any atom is -0.480 e. The maximum absolute atomic E-state index is 11.0. The zero-order valence-electron chi connectivity index (χ0n) is 9.70. The zero-order chi connectivity index (χ0) is 11.5. The van der Waals surface area contributed by atoms with Crippen LogP contribution >= 0.6 is 0 Å². The molecule has 4 heteroatoms. The van der Waals surface area contributed by atoms with E-state index in [0.29, 0.717) is 18.9 Å². The van der Waals surface area contributed by atoms with Crippen molar-refractivity contribution in [3.8, 4) is 0 Å². The molecule has 2 atom stereocenters. The first kappa shape index (κ1) is 12.5. The van der Waals surface area contributed by atoms with Crippen LogP contribution < -0.4 is 5.73 Å². The molecule has 15 heavy (non-hydrogen) atoms. The van der Waals surface area contributed by atoms with Crippen LogP contribution in [0.3, 0.4) is 0 Å². The van der Waals surface area contributed by atoms with Gasteiger partial charge in [0.25, 0.3) is 0 Å². The van der Waals surface area contributed by atoms with Crippen LogP contribution in [0.4, 0.5) is 0 Å². The summed E-state index contributed by atoms with van der Waals surface area (Å²) in [5.74, 6) is -0.849. The summed E-state index contributed by atoms with van der Waals surface area (Å²) < 4.78 is 0. The van der Waals surface area contributed by atoms with Gasteiger partial charge >= 0.3 is 5.97 Å². The third kappa shape index (κ3) is 2.69. The molecule has 1 fully saturated rings. The summed E-state index contributed by atoms with van der Waals surface area (Å²) >= 11 is 0. The van der Waals surface area contributed by atoms with E-state index >= 15 is 0 Å². The Bertz CT molecular complexity index is 233. The van der Waals surface area contributed by atoms with Crippen molar-refractivity contribution in [1.29, 1.82) is 0 Å². The van der Waals surface area contributed by atoms with Gasteiger partial charge in [-0.25, -0.2) is 0 Å². The number of aliphatic carboxylic acids is 1. The lowest BCUT2D eigenvalue weighted by molar-refractivity contribution is -0.143. The molecular weight excluding hydrogens is 192 g/mol. The number of hydrogen-bond donors (Lipinski definition) is 2. The van der Waals surface area contributed by atoms with E-state index in [9.17, 15) is 4.79 Å². The molecule has 1 aliphatic carbocycles. The van der Waals surface area contributed by atoms with Crippen molar-refractivity contribution < 1.29 is 9.90 Å². The van der Waals surface area contributed by atoms with Crippen molar-refractivity contribution in [3.63, 3.8) is 0 Å². The van der Waals surface area contributed by atoms with Crippen molar-refractivity contribution in [3.05, 3.63) is 0 Å². The Hall–Kier alpha value is -0.610. The Kier molecular flexibility index (Phi) is 4.11. The second kappa shape index (κ2) is 4.94. The SMILES string of the molecule is CCCN(CC)C1CCC(N)(C(=O)O)C1. The fraction of sp³-hybridized carbons (Fsp3) is 0.909. The van der Waals surface area contributed by atoms with Gasteiger partial charge in [-0.05, 0) is 38.8 Å². The molecule has 0 saturated heterocycles. The van der Waals surface area contributed by atoms with Crippen LogP contribution in [-0.4, -0.2) is 40.6 Å². The van der Waals surface area contributed by atoms with E-state index in [1.165, 1.54) is 0 Å². The van der Waals surface area contributed by atoms with E-state index in [2.05, 4.69) is 18.7 Å². The predicted octanol–water partition coefficient (Wildman–Crippen LogP) is 1.05. The fourth-order valence-electron chi connectivity index (χ4n) is 2.44. The first-order chi connectivity index (χ1) is 7.03. The Morgan fingerprint density at radius 2 is 2.27 bits per heavy atom. The van der Waals surface area contributed by atoms with E-state index in [-0.39, 0.29) is 0 Å². The smallest absolute Gasteiger partial charge is 0.323 e. The van der Waals surface area contributed by atoms with Crippen LogP contribution in [0.1, 0.15) is 39.5 Å². The summed E-state index contributed by atoms with van der Waals surface area (Å²) in [5.41, 5.74) is 4.87. The van der Waals surface area contributed by atoms with Crippen molar-refractivity contribution in [2.45, 2.75) is 51.1 Å². The Balaban J connectivity index is 2.57. The van der Waals surface area contributed by atoms with Crippen LogP contribution in [0.15, 0.2) is 0 Å². The number of nitrogens with two attached hydrogens (primary N) is 1. The lowest BCUT2D eigenvalue weighted by atomic mass is 9.99. The number of carboxylic acids is 1. The predicted molar refractivity (Wildman–Crippen MR) is 59.7 cm³/mol. The largest absolute Gasteiger partial charge is 0.480 e. The van der Waals surface area contributed by atoms with E-state index in [1.54, 1.807) is 0 Å². The Morgan fingerprint density at radius 3 is 2.67 bits per heavy atom. The van der Waals surface area contributed by atoms with E-state index < -0.39 is 11.5 Å². The maximum Gasteiger partial charge on any atom is 0.323 e. The molecule has 0 bridgehead atoms. The highest BCUT2D eigenvalue weighted by Gasteiger charge is 2.43. The van der Waals surface area contributed by atoms with Gasteiger partial charge in [-0.1, -0.05) is 13.8 Å². The number of carboxylic acid groups (broad SMARTS) is 1. The van der Waals surface area contributed by atoms with Crippen molar-refractivity contribution in [1.82, 2.24) is 4.90 Å². The van der Waals surface area contributed by atoms with Gasteiger partial charge in [-0.3, -0.25) is 4.79 Å². The second-order valence-corrected chi connectivity index (χ2v) is 4.49. The molecule has 1 saturated carbocycles. The topological polar surface area (TPSA) is 66.6 Å². The molecule has 88 valence electrons. The molecule has 3 N–H and O–H groups in total. The van der Waals surface area contributed by atoms with Gasteiger partial charge in [-0.2, -0.15) is 0 Å². The Morgan fingerprint density at radius 1 is 1.60 bits per heavy atom. The number of nitrogens with zero attached hydrogens (tertiary/aromatic N) is 1. The number of rotatable bonds is 5. The van der Waals surface area contributed by atoms with Crippen LogP contribution in [-0.2, 0) is 4.79 Å². The van der Waals surface area contributed by atoms with Crippen LogP contribution in [0, 0.1) is 0 Å². The van der Waals surface area contributed by atoms with Gasteiger partial charge in [0.2, 0.25) is 0 Å². The summed E-state index contributed by atoms with van der Waals surface area (Å²) in [5, 5.41) is 9.03. The average molecular weight is 214 g/mol. The molecule has 2 unspecified atom stereocenters. The first-order valence-electron chi connectivity index (χ1n) is 5.79. The lowest BCUT2D eigenvalue weighted by Crippen LogP contribution is -2.47. The lowest BCUT2D eigenvalue weighted by Gasteiger charge is -2.28. The number of hydrogen-bond acceptors (Lipinski definition) is 3. The molecule has 0 spiro atoms. The molecule has 1 rings (SSSR count). The normalized spacial score (nSPS) is 31.1. The molecule has 0 radical (unpaired) electrons. The maximum atomic E-state index is 11.0. The molecule has 0 aliphatic heterocycles. The van der Waals surface area contributed by atoms with Gasteiger partial charge in [0.05, 0.1) is 0 Å². The minimum absolute atomic E-state index is 0.357. The van der Waals surface area contributed by atoms with Gasteiger partial charge in [0.15, 0.2) is 0 Å². The van der Waals surface area contributed by atoms with Crippen LogP contribution in [0.5, 0.6) is 0 Å². The quantitative estimate of drug-likeness (QED) is 0.718.